The Balaban J connectivity index is 0.00000320. The van der Waals surface area contributed by atoms with Gasteiger partial charge in [-0.05, 0) is 42.3 Å². The molecule has 0 radical (unpaired) electrons. The van der Waals surface area contributed by atoms with E-state index in [1.54, 1.807) is 7.11 Å². The first kappa shape index (κ1) is 23.9. The molecule has 30 heavy (non-hydrogen) atoms. The minimum absolute atomic E-state index is 0. The largest absolute Gasteiger partial charge is 0.493 e. The van der Waals surface area contributed by atoms with Crippen molar-refractivity contribution in [2.24, 2.45) is 4.99 Å². The molecular formula is C21H28IN3O5. The molecule has 1 heterocycles. The third-order valence-corrected chi connectivity index (χ3v) is 4.24. The fourth-order valence-corrected chi connectivity index (χ4v) is 2.83. The zero-order valence-corrected chi connectivity index (χ0v) is 19.5. The molecule has 8 nitrogen and oxygen atoms in total. The fourth-order valence-electron chi connectivity index (χ4n) is 2.83. The maximum Gasteiger partial charge on any atom is 0.231 e. The zero-order chi connectivity index (χ0) is 20.5. The van der Waals surface area contributed by atoms with Gasteiger partial charge < -0.3 is 34.7 Å². The van der Waals surface area contributed by atoms with Gasteiger partial charge in [0, 0.05) is 13.1 Å². The van der Waals surface area contributed by atoms with Gasteiger partial charge in [-0.2, -0.15) is 0 Å². The number of nitrogens with one attached hydrogen (secondary N) is 2. The molecule has 0 aliphatic carbocycles. The molecular weight excluding hydrogens is 501 g/mol. The second-order valence-corrected chi connectivity index (χ2v) is 6.29. The summed E-state index contributed by atoms with van der Waals surface area (Å²) in [6.45, 7) is 4.31. The van der Waals surface area contributed by atoms with Crippen molar-refractivity contribution in [2.75, 3.05) is 33.7 Å². The third kappa shape index (κ3) is 6.56. The Morgan fingerprint density at radius 1 is 1.07 bits per heavy atom. The predicted octanol–water partition coefficient (Wildman–Crippen LogP) is 2.67. The number of rotatable bonds is 9. The molecule has 1 aliphatic rings. The summed E-state index contributed by atoms with van der Waals surface area (Å²) in [6, 6.07) is 11.5. The van der Waals surface area contributed by atoms with Crippen molar-refractivity contribution >= 4 is 29.9 Å². The summed E-state index contributed by atoms with van der Waals surface area (Å²) in [6.07, 6.45) is 0. The number of aliphatic imine (C=N–C) groups is 1. The lowest BCUT2D eigenvalue weighted by Crippen LogP contribution is -2.36. The van der Waals surface area contributed by atoms with Gasteiger partial charge in [0.25, 0.3) is 0 Å². The Bertz CT molecular complexity index is 847. The van der Waals surface area contributed by atoms with Gasteiger partial charge in [0.15, 0.2) is 29.0 Å². The second kappa shape index (κ2) is 12.3. The van der Waals surface area contributed by atoms with Crippen LogP contribution in [0.1, 0.15) is 18.1 Å². The van der Waals surface area contributed by atoms with Gasteiger partial charge in [0.1, 0.15) is 6.61 Å². The number of nitrogens with zero attached hydrogens (tertiary/aromatic N) is 1. The van der Waals surface area contributed by atoms with E-state index in [2.05, 4.69) is 15.6 Å². The zero-order valence-electron chi connectivity index (χ0n) is 17.1. The molecule has 3 rings (SSSR count). The molecule has 1 aliphatic heterocycles. The van der Waals surface area contributed by atoms with E-state index in [0.29, 0.717) is 30.5 Å². The maximum atomic E-state index is 8.91. The quantitative estimate of drug-likeness (QED) is 0.261. The molecule has 0 fully saturated rings. The Kier molecular flexibility index (Phi) is 9.81. The van der Waals surface area contributed by atoms with Gasteiger partial charge in [0.2, 0.25) is 6.79 Å². The van der Waals surface area contributed by atoms with Crippen molar-refractivity contribution in [3.63, 3.8) is 0 Å². The molecule has 0 saturated heterocycles. The topological polar surface area (TPSA) is 93.6 Å². The summed E-state index contributed by atoms with van der Waals surface area (Å²) < 4.78 is 21.6. The van der Waals surface area contributed by atoms with E-state index in [1.807, 2.05) is 43.3 Å². The monoisotopic (exact) mass is 529 g/mol. The normalized spacial score (nSPS) is 12.2. The standard InChI is InChI=1S/C21H27N3O5.HI/c1-3-22-21(24-13-16-5-7-18-20(11-16)29-14-28-18)23-12-15-4-6-17(27-9-8-25)19(10-15)26-2;/h4-7,10-11,25H,3,8-9,12-14H2,1-2H3,(H2,22,23,24);1H. The number of methoxy groups -OCH3 is 1. The first-order chi connectivity index (χ1) is 14.2. The number of aliphatic hydroxyl groups excluding tert-OH is 1. The number of benzene rings is 2. The highest BCUT2D eigenvalue weighted by molar-refractivity contribution is 14.0. The van der Waals surface area contributed by atoms with Crippen LogP contribution >= 0.6 is 24.0 Å². The lowest BCUT2D eigenvalue weighted by Gasteiger charge is -2.14. The van der Waals surface area contributed by atoms with Gasteiger partial charge in [0.05, 0.1) is 20.3 Å². The number of fused-ring (bicyclic) bond motifs is 1. The molecule has 9 heteroatoms. The van der Waals surface area contributed by atoms with Crippen LogP contribution in [0.15, 0.2) is 41.4 Å². The number of hydrogen-bond donors (Lipinski definition) is 3. The highest BCUT2D eigenvalue weighted by Crippen LogP contribution is 2.32. The van der Waals surface area contributed by atoms with Gasteiger partial charge in [-0.25, -0.2) is 4.99 Å². The molecule has 0 unspecified atom stereocenters. The molecule has 0 bridgehead atoms. The highest BCUT2D eigenvalue weighted by atomic mass is 127. The van der Waals surface area contributed by atoms with Crippen LogP contribution in [0, 0.1) is 0 Å². The number of halogens is 1. The molecule has 3 N–H and O–H groups in total. The Morgan fingerprint density at radius 3 is 2.63 bits per heavy atom. The third-order valence-electron chi connectivity index (χ3n) is 4.24. The van der Waals surface area contributed by atoms with Crippen LogP contribution in [-0.2, 0) is 13.1 Å². The summed E-state index contributed by atoms with van der Waals surface area (Å²) in [4.78, 5) is 4.64. The van der Waals surface area contributed by atoms with E-state index in [9.17, 15) is 0 Å². The van der Waals surface area contributed by atoms with Gasteiger partial charge >= 0.3 is 0 Å². The molecule has 0 spiro atoms. The van der Waals surface area contributed by atoms with Gasteiger partial charge in [-0.3, -0.25) is 0 Å². The maximum absolute atomic E-state index is 8.91. The van der Waals surface area contributed by atoms with Crippen LogP contribution in [-0.4, -0.2) is 44.7 Å². The van der Waals surface area contributed by atoms with Crippen LogP contribution in [0.3, 0.4) is 0 Å². The summed E-state index contributed by atoms with van der Waals surface area (Å²) in [5, 5.41) is 15.5. The minimum Gasteiger partial charge on any atom is -0.493 e. The summed E-state index contributed by atoms with van der Waals surface area (Å²) in [7, 11) is 1.59. The minimum atomic E-state index is -0.0433. The van der Waals surface area contributed by atoms with E-state index in [0.717, 1.165) is 29.2 Å². The summed E-state index contributed by atoms with van der Waals surface area (Å²) in [5.41, 5.74) is 2.06. The molecule has 0 aromatic heterocycles. The fraction of sp³-hybridized carbons (Fsp3) is 0.381. The van der Waals surface area contributed by atoms with E-state index >= 15 is 0 Å². The van der Waals surface area contributed by atoms with E-state index < -0.39 is 0 Å². The number of aliphatic hydroxyl groups is 1. The average Bonchev–Trinajstić information content (AvgIpc) is 3.22. The second-order valence-electron chi connectivity index (χ2n) is 6.29. The Hall–Kier alpha value is -2.40. The van der Waals surface area contributed by atoms with Crippen molar-refractivity contribution in [2.45, 2.75) is 20.0 Å². The van der Waals surface area contributed by atoms with Gasteiger partial charge in [-0.1, -0.05) is 12.1 Å². The van der Waals surface area contributed by atoms with Gasteiger partial charge in [-0.15, -0.1) is 24.0 Å². The lowest BCUT2D eigenvalue weighted by atomic mass is 10.2. The lowest BCUT2D eigenvalue weighted by molar-refractivity contribution is 0.174. The van der Waals surface area contributed by atoms with Crippen LogP contribution < -0.4 is 29.6 Å². The van der Waals surface area contributed by atoms with Crippen molar-refractivity contribution in [1.82, 2.24) is 10.6 Å². The SMILES string of the molecule is CCNC(=NCc1ccc2c(c1)OCO2)NCc1ccc(OCCO)c(OC)c1.I. The summed E-state index contributed by atoms with van der Waals surface area (Å²) >= 11 is 0. The average molecular weight is 529 g/mol. The smallest absolute Gasteiger partial charge is 0.231 e. The Labute approximate surface area is 193 Å². The van der Waals surface area contributed by atoms with Crippen LogP contribution in [0.5, 0.6) is 23.0 Å². The van der Waals surface area contributed by atoms with Crippen molar-refractivity contribution < 1.29 is 24.1 Å². The van der Waals surface area contributed by atoms with E-state index in [4.69, 9.17) is 24.1 Å². The predicted molar refractivity (Wildman–Crippen MR) is 125 cm³/mol. The molecule has 2 aromatic carbocycles. The molecule has 164 valence electrons. The first-order valence-corrected chi connectivity index (χ1v) is 9.54. The van der Waals surface area contributed by atoms with E-state index in [-0.39, 0.29) is 44.0 Å². The van der Waals surface area contributed by atoms with Crippen molar-refractivity contribution in [3.05, 3.63) is 47.5 Å². The van der Waals surface area contributed by atoms with E-state index in [1.165, 1.54) is 0 Å². The molecule has 0 amide bonds. The first-order valence-electron chi connectivity index (χ1n) is 9.54. The van der Waals surface area contributed by atoms with Crippen molar-refractivity contribution in [3.8, 4) is 23.0 Å². The molecule has 2 aromatic rings. The van der Waals surface area contributed by atoms with Crippen LogP contribution in [0.2, 0.25) is 0 Å². The highest BCUT2D eigenvalue weighted by Gasteiger charge is 2.13. The molecule has 0 saturated carbocycles. The Morgan fingerprint density at radius 2 is 1.87 bits per heavy atom. The van der Waals surface area contributed by atoms with Crippen molar-refractivity contribution in [1.29, 1.82) is 0 Å². The van der Waals surface area contributed by atoms with Crippen LogP contribution in [0.4, 0.5) is 0 Å². The number of guanidine groups is 1. The summed E-state index contributed by atoms with van der Waals surface area (Å²) in [5.74, 6) is 3.47. The number of hydrogen-bond acceptors (Lipinski definition) is 6. The molecule has 0 atom stereocenters. The van der Waals surface area contributed by atoms with Crippen LogP contribution in [0.25, 0.3) is 0 Å². The number of ether oxygens (including phenoxy) is 4.